The summed E-state index contributed by atoms with van der Waals surface area (Å²) in [5.41, 5.74) is -1.09. The molecule has 1 aromatic carbocycles. The van der Waals surface area contributed by atoms with E-state index in [1.54, 1.807) is 6.07 Å². The van der Waals surface area contributed by atoms with E-state index in [-0.39, 0.29) is 12.2 Å². The van der Waals surface area contributed by atoms with Crippen LogP contribution in [0.5, 0.6) is 0 Å². The fourth-order valence-corrected chi connectivity index (χ4v) is 1.59. The molecule has 0 saturated carbocycles. The zero-order chi connectivity index (χ0) is 14.6. The van der Waals surface area contributed by atoms with Gasteiger partial charge >= 0.3 is 12.0 Å². The Balaban J connectivity index is 2.64. The standard InChI is InChI=1S/C12H14BrFN2O3/c1-12(2,10(17)18)6-15-11(19)16-9-7(13)4-3-5-8(9)14/h3-5H,6H2,1-2H3,(H,17,18)(H2,15,16,19). The fourth-order valence-electron chi connectivity index (χ4n) is 1.15. The minimum absolute atomic E-state index is 0.00753. The molecule has 1 aromatic rings. The Morgan fingerprint density at radius 2 is 2.05 bits per heavy atom. The van der Waals surface area contributed by atoms with E-state index in [0.717, 1.165) is 0 Å². The molecule has 0 heterocycles. The number of aliphatic carboxylic acids is 1. The van der Waals surface area contributed by atoms with Crippen LogP contribution < -0.4 is 10.6 Å². The van der Waals surface area contributed by atoms with E-state index in [1.807, 2.05) is 0 Å². The lowest BCUT2D eigenvalue weighted by Crippen LogP contribution is -2.40. The topological polar surface area (TPSA) is 78.4 Å². The molecule has 0 fully saturated rings. The average molecular weight is 333 g/mol. The predicted molar refractivity (Wildman–Crippen MR) is 72.5 cm³/mol. The van der Waals surface area contributed by atoms with Crippen LogP contribution in [0, 0.1) is 11.2 Å². The molecule has 7 heteroatoms. The minimum atomic E-state index is -1.09. The van der Waals surface area contributed by atoms with Gasteiger partial charge in [-0.1, -0.05) is 6.07 Å². The van der Waals surface area contributed by atoms with Gasteiger partial charge in [-0.3, -0.25) is 4.79 Å². The number of hydrogen-bond donors (Lipinski definition) is 3. The molecule has 0 aliphatic carbocycles. The molecule has 5 nitrogen and oxygen atoms in total. The maximum Gasteiger partial charge on any atom is 0.319 e. The number of anilines is 1. The lowest BCUT2D eigenvalue weighted by molar-refractivity contribution is -0.146. The molecule has 0 radical (unpaired) electrons. The number of para-hydroxylation sites is 1. The number of carboxylic acids is 1. The van der Waals surface area contributed by atoms with Gasteiger partial charge in [-0.2, -0.15) is 0 Å². The number of benzene rings is 1. The highest BCUT2D eigenvalue weighted by Gasteiger charge is 2.27. The van der Waals surface area contributed by atoms with Gasteiger partial charge in [0.2, 0.25) is 0 Å². The molecule has 0 aliphatic heterocycles. The van der Waals surface area contributed by atoms with Crippen molar-refractivity contribution in [3.05, 3.63) is 28.5 Å². The summed E-state index contributed by atoms with van der Waals surface area (Å²) in [6.45, 7) is 2.89. The van der Waals surface area contributed by atoms with Crippen LogP contribution in [0.25, 0.3) is 0 Å². The number of urea groups is 1. The van der Waals surface area contributed by atoms with Gasteiger partial charge in [0.25, 0.3) is 0 Å². The van der Waals surface area contributed by atoms with Crippen molar-refractivity contribution in [2.75, 3.05) is 11.9 Å². The number of rotatable bonds is 4. The van der Waals surface area contributed by atoms with Crippen LogP contribution in [0.1, 0.15) is 13.8 Å². The molecule has 0 saturated heterocycles. The van der Waals surface area contributed by atoms with Gasteiger partial charge in [-0.05, 0) is 41.9 Å². The molecule has 19 heavy (non-hydrogen) atoms. The smallest absolute Gasteiger partial charge is 0.319 e. The van der Waals surface area contributed by atoms with Crippen molar-refractivity contribution >= 4 is 33.6 Å². The van der Waals surface area contributed by atoms with E-state index in [9.17, 15) is 14.0 Å². The van der Waals surface area contributed by atoms with Gasteiger partial charge in [0.1, 0.15) is 5.82 Å². The third-order valence-electron chi connectivity index (χ3n) is 2.47. The quantitative estimate of drug-likeness (QED) is 0.793. The first-order valence-electron chi connectivity index (χ1n) is 5.46. The van der Waals surface area contributed by atoms with Crippen molar-refractivity contribution in [3.63, 3.8) is 0 Å². The Kier molecular flexibility index (Phi) is 4.88. The summed E-state index contributed by atoms with van der Waals surface area (Å²) < 4.78 is 13.8. The minimum Gasteiger partial charge on any atom is -0.481 e. The van der Waals surface area contributed by atoms with Crippen molar-refractivity contribution in [3.8, 4) is 0 Å². The summed E-state index contributed by atoms with van der Waals surface area (Å²) in [5.74, 6) is -1.61. The highest BCUT2D eigenvalue weighted by Crippen LogP contribution is 2.25. The van der Waals surface area contributed by atoms with Gasteiger partial charge in [0.15, 0.2) is 0 Å². The molecule has 0 unspecified atom stereocenters. The van der Waals surface area contributed by atoms with Crippen LogP contribution in [-0.2, 0) is 4.79 Å². The second-order valence-electron chi connectivity index (χ2n) is 4.59. The summed E-state index contributed by atoms with van der Waals surface area (Å²) in [5, 5.41) is 13.6. The van der Waals surface area contributed by atoms with E-state index in [4.69, 9.17) is 5.11 Å². The first-order chi connectivity index (χ1) is 8.74. The summed E-state index contributed by atoms with van der Waals surface area (Å²) in [7, 11) is 0. The van der Waals surface area contributed by atoms with Crippen LogP contribution in [-0.4, -0.2) is 23.7 Å². The second kappa shape index (κ2) is 6.01. The van der Waals surface area contributed by atoms with Gasteiger partial charge in [-0.15, -0.1) is 0 Å². The Bertz CT molecular complexity index is 485. The van der Waals surface area contributed by atoms with Crippen LogP contribution in [0.3, 0.4) is 0 Å². The molecule has 0 aromatic heterocycles. The van der Waals surface area contributed by atoms with Crippen molar-refractivity contribution in [1.82, 2.24) is 5.32 Å². The molecule has 0 atom stereocenters. The van der Waals surface area contributed by atoms with Gasteiger partial charge in [0, 0.05) is 11.0 Å². The van der Waals surface area contributed by atoms with E-state index < -0.39 is 23.2 Å². The van der Waals surface area contributed by atoms with Crippen molar-refractivity contribution in [2.45, 2.75) is 13.8 Å². The van der Waals surface area contributed by atoms with Crippen molar-refractivity contribution in [2.24, 2.45) is 5.41 Å². The number of carboxylic acid groups (broad SMARTS) is 1. The number of amides is 2. The molecule has 0 spiro atoms. The number of carbonyl (C=O) groups is 2. The largest absolute Gasteiger partial charge is 0.481 e. The number of nitrogens with one attached hydrogen (secondary N) is 2. The Morgan fingerprint density at radius 1 is 1.42 bits per heavy atom. The predicted octanol–water partition coefficient (Wildman–Crippen LogP) is 2.82. The van der Waals surface area contributed by atoms with E-state index in [1.165, 1.54) is 26.0 Å². The number of halogens is 2. The maximum atomic E-state index is 13.4. The highest BCUT2D eigenvalue weighted by molar-refractivity contribution is 9.10. The summed E-state index contributed by atoms with van der Waals surface area (Å²) in [4.78, 5) is 22.4. The molecular formula is C12H14BrFN2O3. The lowest BCUT2D eigenvalue weighted by Gasteiger charge is -2.19. The molecule has 1 rings (SSSR count). The van der Waals surface area contributed by atoms with Crippen LogP contribution in [0.4, 0.5) is 14.9 Å². The normalized spacial score (nSPS) is 10.9. The van der Waals surface area contributed by atoms with Gasteiger partial charge < -0.3 is 15.7 Å². The molecule has 2 amide bonds. The fraction of sp³-hybridized carbons (Fsp3) is 0.333. The molecule has 0 aliphatic rings. The third kappa shape index (κ3) is 4.20. The molecular weight excluding hydrogens is 319 g/mol. The van der Waals surface area contributed by atoms with Gasteiger partial charge in [0.05, 0.1) is 11.1 Å². The molecule has 3 N–H and O–H groups in total. The number of carbonyl (C=O) groups excluding carboxylic acids is 1. The van der Waals surface area contributed by atoms with Crippen LogP contribution in [0.15, 0.2) is 22.7 Å². The van der Waals surface area contributed by atoms with E-state index in [0.29, 0.717) is 4.47 Å². The first-order valence-corrected chi connectivity index (χ1v) is 6.25. The maximum absolute atomic E-state index is 13.4. The summed E-state index contributed by atoms with van der Waals surface area (Å²) in [6, 6.07) is 3.62. The lowest BCUT2D eigenvalue weighted by atomic mass is 9.94. The average Bonchev–Trinajstić information content (AvgIpc) is 2.31. The monoisotopic (exact) mass is 332 g/mol. The second-order valence-corrected chi connectivity index (χ2v) is 5.45. The SMILES string of the molecule is CC(C)(CNC(=O)Nc1c(F)cccc1Br)C(=O)O. The first kappa shape index (κ1) is 15.4. The van der Waals surface area contributed by atoms with E-state index in [2.05, 4.69) is 26.6 Å². The van der Waals surface area contributed by atoms with Gasteiger partial charge in [-0.25, -0.2) is 9.18 Å². The zero-order valence-corrected chi connectivity index (χ0v) is 12.0. The summed E-state index contributed by atoms with van der Waals surface area (Å²) in [6.07, 6.45) is 0. The summed E-state index contributed by atoms with van der Waals surface area (Å²) >= 11 is 3.11. The Labute approximate surface area is 118 Å². The van der Waals surface area contributed by atoms with Crippen molar-refractivity contribution < 1.29 is 19.1 Å². The molecule has 0 bridgehead atoms. The van der Waals surface area contributed by atoms with Crippen LogP contribution >= 0.6 is 15.9 Å². The third-order valence-corrected chi connectivity index (χ3v) is 3.13. The number of hydrogen-bond acceptors (Lipinski definition) is 2. The zero-order valence-electron chi connectivity index (χ0n) is 10.5. The Morgan fingerprint density at radius 3 is 2.58 bits per heavy atom. The highest BCUT2D eigenvalue weighted by atomic mass is 79.9. The van der Waals surface area contributed by atoms with Crippen LogP contribution in [0.2, 0.25) is 0 Å². The molecule has 104 valence electrons. The van der Waals surface area contributed by atoms with E-state index >= 15 is 0 Å². The van der Waals surface area contributed by atoms with Crippen molar-refractivity contribution in [1.29, 1.82) is 0 Å². The Hall–Kier alpha value is -1.63.